The summed E-state index contributed by atoms with van der Waals surface area (Å²) in [6.45, 7) is 2.08. The highest BCUT2D eigenvalue weighted by atomic mass is 14.1. The molecule has 0 atom stereocenters. The standard InChI is InChI=1S/C9H14/c1-2-3-4-6-9-7-5-8-9/h2-3,7H,4-6,8H2,1H3/b3-2-. The Hall–Kier alpha value is -0.520. The maximum Gasteiger partial charge on any atom is -0.0285 e. The van der Waals surface area contributed by atoms with Gasteiger partial charge in [-0.15, -0.1) is 0 Å². The number of allylic oxidation sites excluding steroid dienone is 4. The Morgan fingerprint density at radius 3 is 2.89 bits per heavy atom. The summed E-state index contributed by atoms with van der Waals surface area (Å²) in [5.41, 5.74) is 1.66. The first-order valence-electron chi connectivity index (χ1n) is 3.72. The second-order valence-electron chi connectivity index (χ2n) is 2.51. The molecule has 0 heteroatoms. The van der Waals surface area contributed by atoms with Crippen LogP contribution in [0.4, 0.5) is 0 Å². The Morgan fingerprint density at radius 2 is 2.44 bits per heavy atom. The van der Waals surface area contributed by atoms with Gasteiger partial charge in [0.15, 0.2) is 0 Å². The third-order valence-electron chi connectivity index (χ3n) is 1.77. The maximum atomic E-state index is 2.35. The number of hydrogen-bond acceptors (Lipinski definition) is 0. The van der Waals surface area contributed by atoms with Crippen molar-refractivity contribution in [2.45, 2.75) is 32.6 Å². The molecule has 0 radical (unpaired) electrons. The Bertz CT molecular complexity index is 129. The topological polar surface area (TPSA) is 0 Å². The zero-order valence-electron chi connectivity index (χ0n) is 6.06. The molecule has 0 saturated carbocycles. The molecule has 0 aromatic heterocycles. The van der Waals surface area contributed by atoms with Gasteiger partial charge in [0, 0.05) is 0 Å². The summed E-state index contributed by atoms with van der Waals surface area (Å²) in [6.07, 6.45) is 11.9. The van der Waals surface area contributed by atoms with Gasteiger partial charge in [0.05, 0.1) is 0 Å². The first-order chi connectivity index (χ1) is 4.43. The first-order valence-corrected chi connectivity index (χ1v) is 3.72. The number of rotatable bonds is 3. The molecule has 1 rings (SSSR count). The van der Waals surface area contributed by atoms with Crippen molar-refractivity contribution in [2.75, 3.05) is 0 Å². The Kier molecular flexibility index (Phi) is 2.56. The third-order valence-corrected chi connectivity index (χ3v) is 1.77. The SMILES string of the molecule is C/C=C\CCC1=CCC1. The van der Waals surface area contributed by atoms with Crippen LogP contribution < -0.4 is 0 Å². The summed E-state index contributed by atoms with van der Waals surface area (Å²) >= 11 is 0. The normalized spacial score (nSPS) is 17.7. The van der Waals surface area contributed by atoms with Crippen molar-refractivity contribution in [1.82, 2.24) is 0 Å². The van der Waals surface area contributed by atoms with Crippen molar-refractivity contribution < 1.29 is 0 Å². The molecular weight excluding hydrogens is 108 g/mol. The van der Waals surface area contributed by atoms with Gasteiger partial charge in [0.2, 0.25) is 0 Å². The van der Waals surface area contributed by atoms with Crippen LogP contribution in [0.5, 0.6) is 0 Å². The van der Waals surface area contributed by atoms with Crippen molar-refractivity contribution in [3.05, 3.63) is 23.8 Å². The highest BCUT2D eigenvalue weighted by molar-refractivity contribution is 5.12. The first kappa shape index (κ1) is 6.60. The molecular formula is C9H14. The van der Waals surface area contributed by atoms with E-state index < -0.39 is 0 Å². The second-order valence-corrected chi connectivity index (χ2v) is 2.51. The average Bonchev–Trinajstić information content (AvgIpc) is 1.76. The number of hydrogen-bond donors (Lipinski definition) is 0. The van der Waals surface area contributed by atoms with Crippen molar-refractivity contribution in [3.63, 3.8) is 0 Å². The molecule has 0 aromatic carbocycles. The molecule has 0 nitrogen and oxygen atoms in total. The zero-order chi connectivity index (χ0) is 6.53. The monoisotopic (exact) mass is 122 g/mol. The van der Waals surface area contributed by atoms with E-state index in [1.807, 2.05) is 0 Å². The van der Waals surface area contributed by atoms with E-state index in [9.17, 15) is 0 Å². The molecule has 0 N–H and O–H groups in total. The van der Waals surface area contributed by atoms with E-state index in [0.717, 1.165) is 0 Å². The predicted octanol–water partition coefficient (Wildman–Crippen LogP) is 3.06. The molecule has 0 heterocycles. The van der Waals surface area contributed by atoms with Crippen molar-refractivity contribution in [2.24, 2.45) is 0 Å². The minimum Gasteiger partial charge on any atom is -0.0917 e. The summed E-state index contributed by atoms with van der Waals surface area (Å²) in [5.74, 6) is 0. The Balaban J connectivity index is 2.05. The molecule has 9 heavy (non-hydrogen) atoms. The molecule has 50 valence electrons. The molecule has 1 aliphatic rings. The molecule has 0 fully saturated rings. The van der Waals surface area contributed by atoms with Gasteiger partial charge in [0.1, 0.15) is 0 Å². The fraction of sp³-hybridized carbons (Fsp3) is 0.556. The van der Waals surface area contributed by atoms with Crippen LogP contribution in [-0.2, 0) is 0 Å². The molecule has 0 bridgehead atoms. The lowest BCUT2D eigenvalue weighted by molar-refractivity contribution is 0.786. The van der Waals surface area contributed by atoms with Crippen LogP contribution in [0.2, 0.25) is 0 Å². The molecule has 0 amide bonds. The zero-order valence-corrected chi connectivity index (χ0v) is 6.06. The van der Waals surface area contributed by atoms with Crippen LogP contribution in [-0.4, -0.2) is 0 Å². The minimum atomic E-state index is 1.24. The van der Waals surface area contributed by atoms with Gasteiger partial charge in [-0.3, -0.25) is 0 Å². The molecule has 1 aliphatic carbocycles. The van der Waals surface area contributed by atoms with E-state index in [4.69, 9.17) is 0 Å². The summed E-state index contributed by atoms with van der Waals surface area (Å²) in [6, 6.07) is 0. The van der Waals surface area contributed by atoms with Gasteiger partial charge < -0.3 is 0 Å². The highest BCUT2D eigenvalue weighted by Crippen LogP contribution is 2.22. The summed E-state index contributed by atoms with van der Waals surface area (Å²) in [5, 5.41) is 0. The summed E-state index contributed by atoms with van der Waals surface area (Å²) < 4.78 is 0. The molecule has 0 aliphatic heterocycles. The van der Waals surface area contributed by atoms with E-state index in [0.29, 0.717) is 0 Å². The summed E-state index contributed by atoms with van der Waals surface area (Å²) in [4.78, 5) is 0. The molecule has 0 unspecified atom stereocenters. The Morgan fingerprint density at radius 1 is 1.67 bits per heavy atom. The van der Waals surface area contributed by atoms with Crippen LogP contribution in [0.15, 0.2) is 23.8 Å². The quantitative estimate of drug-likeness (QED) is 0.505. The predicted molar refractivity (Wildman–Crippen MR) is 41.4 cm³/mol. The van der Waals surface area contributed by atoms with Gasteiger partial charge in [-0.05, 0) is 32.6 Å². The van der Waals surface area contributed by atoms with Crippen molar-refractivity contribution in [1.29, 1.82) is 0 Å². The van der Waals surface area contributed by atoms with E-state index >= 15 is 0 Å². The van der Waals surface area contributed by atoms with Crippen LogP contribution >= 0.6 is 0 Å². The lowest BCUT2D eigenvalue weighted by atomic mass is 9.95. The average molecular weight is 122 g/mol. The summed E-state index contributed by atoms with van der Waals surface area (Å²) in [7, 11) is 0. The van der Waals surface area contributed by atoms with Crippen molar-refractivity contribution >= 4 is 0 Å². The van der Waals surface area contributed by atoms with E-state index in [1.165, 1.54) is 25.7 Å². The van der Waals surface area contributed by atoms with E-state index in [1.54, 1.807) is 5.57 Å². The molecule has 0 saturated heterocycles. The largest absolute Gasteiger partial charge is 0.0917 e. The van der Waals surface area contributed by atoms with Gasteiger partial charge in [0.25, 0.3) is 0 Å². The van der Waals surface area contributed by atoms with Crippen LogP contribution in [0.1, 0.15) is 32.6 Å². The highest BCUT2D eigenvalue weighted by Gasteiger charge is 2.02. The Labute approximate surface area is 57.3 Å². The second kappa shape index (κ2) is 3.49. The fourth-order valence-electron chi connectivity index (χ4n) is 1.01. The van der Waals surface area contributed by atoms with Gasteiger partial charge in [-0.25, -0.2) is 0 Å². The van der Waals surface area contributed by atoms with Crippen molar-refractivity contribution in [3.8, 4) is 0 Å². The van der Waals surface area contributed by atoms with Crippen LogP contribution in [0.3, 0.4) is 0 Å². The van der Waals surface area contributed by atoms with Crippen LogP contribution in [0, 0.1) is 0 Å². The lowest BCUT2D eigenvalue weighted by Crippen LogP contribution is -1.92. The fourth-order valence-corrected chi connectivity index (χ4v) is 1.01. The van der Waals surface area contributed by atoms with E-state index in [2.05, 4.69) is 25.2 Å². The van der Waals surface area contributed by atoms with Gasteiger partial charge in [-0.1, -0.05) is 23.8 Å². The third kappa shape index (κ3) is 2.05. The van der Waals surface area contributed by atoms with Gasteiger partial charge >= 0.3 is 0 Å². The maximum absolute atomic E-state index is 2.35. The smallest absolute Gasteiger partial charge is 0.0285 e. The van der Waals surface area contributed by atoms with E-state index in [-0.39, 0.29) is 0 Å². The van der Waals surface area contributed by atoms with Crippen LogP contribution in [0.25, 0.3) is 0 Å². The van der Waals surface area contributed by atoms with Gasteiger partial charge in [-0.2, -0.15) is 0 Å². The lowest BCUT2D eigenvalue weighted by Gasteiger charge is -2.12. The molecule has 0 aromatic rings. The molecule has 0 spiro atoms. The minimum absolute atomic E-state index is 1.24.